The van der Waals surface area contributed by atoms with Gasteiger partial charge >= 0.3 is 29.6 Å². The van der Waals surface area contributed by atoms with Crippen molar-refractivity contribution >= 4 is 18.2 Å². The van der Waals surface area contributed by atoms with Crippen LogP contribution in [-0.2, 0) is 4.57 Å². The first-order chi connectivity index (χ1) is 9.80. The normalized spacial score (nSPS) is 13.1. The predicted molar refractivity (Wildman–Crippen MR) is 85.9 cm³/mol. The van der Waals surface area contributed by atoms with E-state index in [4.69, 9.17) is 4.52 Å². The first-order valence-corrected chi connectivity index (χ1v) is 9.59. The molecule has 0 N–H and O–H groups in total. The summed E-state index contributed by atoms with van der Waals surface area (Å²) in [5.74, 6) is 0.426. The molecule has 0 heterocycles. The summed E-state index contributed by atoms with van der Waals surface area (Å²) >= 11 is 0.789. The molecule has 0 aliphatic heterocycles. The van der Waals surface area contributed by atoms with Crippen molar-refractivity contribution in [2.45, 2.75) is 32.6 Å². The van der Waals surface area contributed by atoms with E-state index in [0.29, 0.717) is 5.75 Å². The average molecular weight is 344 g/mol. The molecular formula is C16H18NaO3PS. The topological polar surface area (TPSA) is 49.4 Å². The van der Waals surface area contributed by atoms with Gasteiger partial charge in [-0.1, -0.05) is 36.4 Å². The molecule has 3 nitrogen and oxygen atoms in total. The molecule has 2 rings (SSSR count). The van der Waals surface area contributed by atoms with Gasteiger partial charge in [-0.25, -0.2) is 0 Å². The molecule has 0 radical (unpaired) electrons. The molecule has 2 aromatic rings. The van der Waals surface area contributed by atoms with Crippen molar-refractivity contribution in [3.8, 4) is 5.75 Å². The van der Waals surface area contributed by atoms with Crippen molar-refractivity contribution in [1.29, 1.82) is 0 Å². The fourth-order valence-electron chi connectivity index (χ4n) is 2.13. The van der Waals surface area contributed by atoms with E-state index >= 15 is 0 Å². The zero-order valence-corrected chi connectivity index (χ0v) is 17.3. The van der Waals surface area contributed by atoms with Crippen molar-refractivity contribution < 1.29 is 43.5 Å². The molecule has 0 aromatic heterocycles. The van der Waals surface area contributed by atoms with Crippen molar-refractivity contribution in [3.63, 3.8) is 0 Å². The zero-order chi connectivity index (χ0) is 15.6. The van der Waals surface area contributed by atoms with Crippen LogP contribution in [0.1, 0.15) is 22.3 Å². The molecule has 0 bridgehead atoms. The van der Waals surface area contributed by atoms with Crippen LogP contribution in [0.4, 0.5) is 0 Å². The van der Waals surface area contributed by atoms with Crippen LogP contribution in [0.15, 0.2) is 41.3 Å². The van der Waals surface area contributed by atoms with Gasteiger partial charge in [-0.3, -0.25) is 4.57 Å². The van der Waals surface area contributed by atoms with Gasteiger partial charge in [0.1, 0.15) is 5.75 Å². The van der Waals surface area contributed by atoms with Crippen LogP contribution in [0.3, 0.4) is 0 Å². The molecule has 0 aliphatic rings. The maximum absolute atomic E-state index is 12.3. The van der Waals surface area contributed by atoms with E-state index in [-0.39, 0.29) is 29.6 Å². The Morgan fingerprint density at radius 2 is 1.32 bits per heavy atom. The Morgan fingerprint density at radius 1 is 0.909 bits per heavy atom. The maximum atomic E-state index is 12.3. The fraction of sp³-hybridized carbons (Fsp3) is 0.250. The fourth-order valence-corrected chi connectivity index (χ4v) is 5.20. The molecule has 0 saturated heterocycles. The number of hydrogen-bond acceptors (Lipinski definition) is 4. The molecular weight excluding hydrogens is 326 g/mol. The average Bonchev–Trinajstić information content (AvgIpc) is 2.39. The van der Waals surface area contributed by atoms with Crippen LogP contribution in [0.2, 0.25) is 0 Å². The van der Waals surface area contributed by atoms with Gasteiger partial charge in [0.25, 0.3) is 0 Å². The number of benzene rings is 2. The number of rotatable bonds is 4. The first kappa shape index (κ1) is 19.8. The van der Waals surface area contributed by atoms with E-state index in [1.807, 2.05) is 64.1 Å². The summed E-state index contributed by atoms with van der Waals surface area (Å²) < 4.78 is 17.7. The Morgan fingerprint density at radius 3 is 1.77 bits per heavy atom. The molecule has 2 aromatic carbocycles. The van der Waals surface area contributed by atoms with Crippen LogP contribution < -0.4 is 39.0 Å². The standard InChI is InChI=1S/C16H19O3PS.Na/c1-11-7-5-8-12(2)15(11)19-20(17,18)21-16-13(3)9-6-10-14(16)4;/h5-10H,1-4H3,(H,17,18);/q;+1/p-1. The van der Waals surface area contributed by atoms with Crippen LogP contribution in [0.25, 0.3) is 0 Å². The Hall–Kier alpha value is -0.220. The molecule has 0 aliphatic carbocycles. The molecule has 0 saturated carbocycles. The Balaban J connectivity index is 0.00000242. The SMILES string of the molecule is Cc1cccc(C)c1OP(=O)([O-])Sc1c(C)cccc1C.[Na+]. The zero-order valence-electron chi connectivity index (χ0n) is 13.5. The third-order valence-electron chi connectivity index (χ3n) is 3.22. The summed E-state index contributed by atoms with van der Waals surface area (Å²) in [5.41, 5.74) is 3.49. The number of hydrogen-bond donors (Lipinski definition) is 0. The van der Waals surface area contributed by atoms with E-state index in [0.717, 1.165) is 38.5 Å². The molecule has 112 valence electrons. The largest absolute Gasteiger partial charge is 1.00 e. The van der Waals surface area contributed by atoms with Crippen LogP contribution in [0, 0.1) is 27.7 Å². The quantitative estimate of drug-likeness (QED) is 0.624. The van der Waals surface area contributed by atoms with Crippen LogP contribution in [-0.4, -0.2) is 0 Å². The molecule has 1 unspecified atom stereocenters. The van der Waals surface area contributed by atoms with Gasteiger partial charge in [0.2, 0.25) is 6.80 Å². The summed E-state index contributed by atoms with van der Waals surface area (Å²) in [4.78, 5) is 13.1. The van der Waals surface area contributed by atoms with Gasteiger partial charge in [-0.05, 0) is 61.3 Å². The van der Waals surface area contributed by atoms with Gasteiger partial charge in [-0.15, -0.1) is 0 Å². The van der Waals surface area contributed by atoms with Gasteiger partial charge in [0, 0.05) is 4.90 Å². The summed E-state index contributed by atoms with van der Waals surface area (Å²) in [5, 5.41) is 0. The molecule has 0 amide bonds. The van der Waals surface area contributed by atoms with Crippen LogP contribution >= 0.6 is 18.2 Å². The van der Waals surface area contributed by atoms with Gasteiger partial charge in [0.05, 0.1) is 0 Å². The van der Waals surface area contributed by atoms with E-state index < -0.39 is 6.80 Å². The first-order valence-electron chi connectivity index (χ1n) is 6.63. The molecule has 0 spiro atoms. The third-order valence-corrected chi connectivity index (χ3v) is 6.12. The summed E-state index contributed by atoms with van der Waals surface area (Å²) in [7, 11) is 0. The Bertz CT molecular complexity index is 621. The second-order valence-electron chi connectivity index (χ2n) is 5.07. The third kappa shape index (κ3) is 4.89. The molecule has 1 atom stereocenters. The van der Waals surface area contributed by atoms with Crippen molar-refractivity contribution in [2.75, 3.05) is 0 Å². The summed E-state index contributed by atoms with van der Waals surface area (Å²) in [6.07, 6.45) is 0. The summed E-state index contributed by atoms with van der Waals surface area (Å²) in [6.45, 7) is 3.40. The predicted octanol–water partition coefficient (Wildman–Crippen LogP) is 1.56. The molecule has 6 heteroatoms. The van der Waals surface area contributed by atoms with Crippen molar-refractivity contribution in [2.24, 2.45) is 0 Å². The minimum Gasteiger partial charge on any atom is -0.760 e. The minimum absolute atomic E-state index is 0. The van der Waals surface area contributed by atoms with Crippen LogP contribution in [0.5, 0.6) is 5.75 Å². The van der Waals surface area contributed by atoms with E-state index in [1.54, 1.807) is 0 Å². The van der Waals surface area contributed by atoms with Crippen molar-refractivity contribution in [3.05, 3.63) is 58.7 Å². The number of aryl methyl sites for hydroxylation is 4. The van der Waals surface area contributed by atoms with Gasteiger partial charge in [-0.2, -0.15) is 0 Å². The molecule has 0 fully saturated rings. The van der Waals surface area contributed by atoms with E-state index in [9.17, 15) is 9.46 Å². The smallest absolute Gasteiger partial charge is 0.760 e. The monoisotopic (exact) mass is 344 g/mol. The van der Waals surface area contributed by atoms with Crippen molar-refractivity contribution in [1.82, 2.24) is 0 Å². The maximum Gasteiger partial charge on any atom is 1.00 e. The van der Waals surface area contributed by atoms with Gasteiger partial charge in [0.15, 0.2) is 0 Å². The molecule has 22 heavy (non-hydrogen) atoms. The number of para-hydroxylation sites is 1. The van der Waals surface area contributed by atoms with E-state index in [1.165, 1.54) is 0 Å². The summed E-state index contributed by atoms with van der Waals surface area (Å²) in [6, 6.07) is 11.3. The second-order valence-corrected chi connectivity index (χ2v) is 8.63. The van der Waals surface area contributed by atoms with Gasteiger partial charge < -0.3 is 9.42 Å². The Kier molecular flexibility index (Phi) is 7.25. The minimum atomic E-state index is -4.08. The second kappa shape index (κ2) is 8.05. The van der Waals surface area contributed by atoms with E-state index in [2.05, 4.69) is 0 Å². The Labute approximate surface area is 158 Å².